The highest BCUT2D eigenvalue weighted by Gasteiger charge is 2.27. The van der Waals surface area contributed by atoms with Gasteiger partial charge in [0.15, 0.2) is 0 Å². The molecule has 0 bridgehead atoms. The second kappa shape index (κ2) is 7.95. The first-order valence-electron chi connectivity index (χ1n) is 8.44. The van der Waals surface area contributed by atoms with Crippen molar-refractivity contribution in [1.29, 1.82) is 0 Å². The Labute approximate surface area is 154 Å². The third-order valence-electron chi connectivity index (χ3n) is 3.89. The SMILES string of the molecule is C[C@H](NC(=O)OC(C)(C)C)C(=O)N1CCN(c2ccc(Cl)cc2)CC1. The number of alkyl carbamates (subject to hydrolysis) is 1. The van der Waals surface area contributed by atoms with Crippen LogP contribution in [0.3, 0.4) is 0 Å². The Morgan fingerprint density at radius 1 is 1.12 bits per heavy atom. The molecule has 6 nitrogen and oxygen atoms in total. The van der Waals surface area contributed by atoms with Crippen LogP contribution in [0.25, 0.3) is 0 Å². The Hall–Kier alpha value is -1.95. The number of halogens is 1. The van der Waals surface area contributed by atoms with Crippen LogP contribution in [0.2, 0.25) is 5.02 Å². The number of nitrogens with one attached hydrogen (secondary N) is 1. The van der Waals surface area contributed by atoms with E-state index in [0.29, 0.717) is 18.1 Å². The lowest BCUT2D eigenvalue weighted by Crippen LogP contribution is -2.54. The van der Waals surface area contributed by atoms with E-state index in [2.05, 4.69) is 10.2 Å². The molecule has 7 heteroatoms. The minimum absolute atomic E-state index is 0.0957. The number of benzene rings is 1. The minimum Gasteiger partial charge on any atom is -0.444 e. The van der Waals surface area contributed by atoms with Gasteiger partial charge < -0.3 is 19.9 Å². The van der Waals surface area contributed by atoms with E-state index < -0.39 is 17.7 Å². The molecule has 0 saturated carbocycles. The van der Waals surface area contributed by atoms with Gasteiger partial charge in [0.2, 0.25) is 5.91 Å². The van der Waals surface area contributed by atoms with Gasteiger partial charge >= 0.3 is 6.09 Å². The van der Waals surface area contributed by atoms with E-state index in [-0.39, 0.29) is 5.91 Å². The van der Waals surface area contributed by atoms with Crippen LogP contribution in [0.4, 0.5) is 10.5 Å². The van der Waals surface area contributed by atoms with E-state index in [1.807, 2.05) is 24.3 Å². The molecular formula is C18H26ClN3O3. The molecule has 1 atom stereocenters. The molecule has 0 spiro atoms. The van der Waals surface area contributed by atoms with Gasteiger partial charge in [-0.25, -0.2) is 4.79 Å². The van der Waals surface area contributed by atoms with Crippen molar-refractivity contribution in [2.45, 2.75) is 39.3 Å². The summed E-state index contributed by atoms with van der Waals surface area (Å²) in [6, 6.07) is 7.07. The standard InChI is InChI=1S/C18H26ClN3O3/c1-13(20-17(24)25-18(2,3)4)16(23)22-11-9-21(10-12-22)15-7-5-14(19)6-8-15/h5-8,13H,9-12H2,1-4H3,(H,20,24)/t13-/m0/s1. The summed E-state index contributed by atoms with van der Waals surface area (Å²) in [7, 11) is 0. The molecule has 1 N–H and O–H groups in total. The van der Waals surface area contributed by atoms with Gasteiger partial charge in [0.1, 0.15) is 11.6 Å². The number of carbonyl (C=O) groups is 2. The lowest BCUT2D eigenvalue weighted by atomic mass is 10.2. The smallest absolute Gasteiger partial charge is 0.408 e. The Morgan fingerprint density at radius 3 is 2.20 bits per heavy atom. The molecule has 1 aromatic rings. The van der Waals surface area contributed by atoms with Gasteiger partial charge in [-0.3, -0.25) is 4.79 Å². The highest BCUT2D eigenvalue weighted by Crippen LogP contribution is 2.19. The van der Waals surface area contributed by atoms with Gasteiger partial charge in [-0.05, 0) is 52.0 Å². The Balaban J connectivity index is 1.84. The Morgan fingerprint density at radius 2 is 1.68 bits per heavy atom. The van der Waals surface area contributed by atoms with Gasteiger partial charge in [-0.15, -0.1) is 0 Å². The number of ether oxygens (including phenoxy) is 1. The number of hydrogen-bond donors (Lipinski definition) is 1. The molecule has 1 fully saturated rings. The molecule has 1 saturated heterocycles. The van der Waals surface area contributed by atoms with Crippen molar-refractivity contribution in [2.24, 2.45) is 0 Å². The van der Waals surface area contributed by atoms with Crippen LogP contribution in [-0.2, 0) is 9.53 Å². The zero-order chi connectivity index (χ0) is 18.6. The van der Waals surface area contributed by atoms with E-state index in [1.54, 1.807) is 32.6 Å². The third-order valence-corrected chi connectivity index (χ3v) is 4.14. The topological polar surface area (TPSA) is 61.9 Å². The molecule has 2 amide bonds. The predicted octanol–water partition coefficient (Wildman–Crippen LogP) is 2.90. The summed E-state index contributed by atoms with van der Waals surface area (Å²) in [5.41, 5.74) is 0.508. The minimum atomic E-state index is -0.614. The zero-order valence-electron chi connectivity index (χ0n) is 15.2. The average Bonchev–Trinajstić information content (AvgIpc) is 2.53. The van der Waals surface area contributed by atoms with Crippen molar-refractivity contribution in [3.8, 4) is 0 Å². The summed E-state index contributed by atoms with van der Waals surface area (Å²) in [6.07, 6.45) is -0.576. The van der Waals surface area contributed by atoms with Crippen molar-refractivity contribution < 1.29 is 14.3 Å². The van der Waals surface area contributed by atoms with Crippen molar-refractivity contribution in [3.05, 3.63) is 29.3 Å². The number of hydrogen-bond acceptors (Lipinski definition) is 4. The van der Waals surface area contributed by atoms with Gasteiger partial charge in [-0.1, -0.05) is 11.6 Å². The van der Waals surface area contributed by atoms with Gasteiger partial charge in [0.25, 0.3) is 0 Å². The fraction of sp³-hybridized carbons (Fsp3) is 0.556. The molecule has 138 valence electrons. The molecule has 2 rings (SSSR count). The fourth-order valence-corrected chi connectivity index (χ4v) is 2.78. The Kier molecular flexibility index (Phi) is 6.16. The number of piperazine rings is 1. The fourth-order valence-electron chi connectivity index (χ4n) is 2.66. The van der Waals surface area contributed by atoms with Gasteiger partial charge in [0.05, 0.1) is 0 Å². The lowest BCUT2D eigenvalue weighted by Gasteiger charge is -2.37. The van der Waals surface area contributed by atoms with Crippen LogP contribution in [0.1, 0.15) is 27.7 Å². The maximum Gasteiger partial charge on any atom is 0.408 e. The molecule has 0 aromatic heterocycles. The number of anilines is 1. The van der Waals surface area contributed by atoms with E-state index in [0.717, 1.165) is 18.8 Å². The molecule has 1 aliphatic rings. The average molecular weight is 368 g/mol. The molecule has 1 aliphatic heterocycles. The summed E-state index contributed by atoms with van der Waals surface area (Å²) in [5.74, 6) is -0.0957. The summed E-state index contributed by atoms with van der Waals surface area (Å²) in [6.45, 7) is 9.75. The predicted molar refractivity (Wildman–Crippen MR) is 99.1 cm³/mol. The highest BCUT2D eigenvalue weighted by molar-refractivity contribution is 6.30. The van der Waals surface area contributed by atoms with E-state index in [1.165, 1.54) is 0 Å². The lowest BCUT2D eigenvalue weighted by molar-refractivity contribution is -0.133. The number of rotatable bonds is 3. The molecular weight excluding hydrogens is 342 g/mol. The molecule has 25 heavy (non-hydrogen) atoms. The van der Waals surface area contributed by atoms with Crippen LogP contribution < -0.4 is 10.2 Å². The van der Waals surface area contributed by atoms with Crippen molar-refractivity contribution >= 4 is 29.3 Å². The first-order valence-corrected chi connectivity index (χ1v) is 8.82. The van der Waals surface area contributed by atoms with Crippen molar-refractivity contribution in [3.63, 3.8) is 0 Å². The molecule has 1 aromatic carbocycles. The maximum absolute atomic E-state index is 12.5. The summed E-state index contributed by atoms with van der Waals surface area (Å²) >= 11 is 5.92. The zero-order valence-corrected chi connectivity index (χ0v) is 16.0. The molecule has 0 aliphatic carbocycles. The van der Waals surface area contributed by atoms with Gasteiger partial charge in [0, 0.05) is 36.9 Å². The third kappa shape index (κ3) is 5.81. The number of carbonyl (C=O) groups excluding carboxylic acids is 2. The van der Waals surface area contributed by atoms with Crippen LogP contribution in [0.5, 0.6) is 0 Å². The first kappa shape index (κ1) is 19.4. The normalized spacial score (nSPS) is 16.4. The monoisotopic (exact) mass is 367 g/mol. The number of amides is 2. The second-order valence-electron chi connectivity index (χ2n) is 7.16. The number of nitrogens with zero attached hydrogens (tertiary/aromatic N) is 2. The summed E-state index contributed by atoms with van der Waals surface area (Å²) in [4.78, 5) is 28.3. The van der Waals surface area contributed by atoms with Crippen molar-refractivity contribution in [1.82, 2.24) is 10.2 Å². The molecule has 0 radical (unpaired) electrons. The van der Waals surface area contributed by atoms with Crippen LogP contribution in [0, 0.1) is 0 Å². The van der Waals surface area contributed by atoms with E-state index in [4.69, 9.17) is 16.3 Å². The molecule has 1 heterocycles. The first-order chi connectivity index (χ1) is 11.7. The van der Waals surface area contributed by atoms with E-state index >= 15 is 0 Å². The Bertz CT molecular complexity index is 605. The van der Waals surface area contributed by atoms with Crippen LogP contribution in [-0.4, -0.2) is 54.7 Å². The summed E-state index contributed by atoms with van der Waals surface area (Å²) < 4.78 is 5.19. The highest BCUT2D eigenvalue weighted by atomic mass is 35.5. The molecule has 0 unspecified atom stereocenters. The summed E-state index contributed by atoms with van der Waals surface area (Å²) in [5, 5.41) is 3.31. The maximum atomic E-state index is 12.5. The van der Waals surface area contributed by atoms with Crippen LogP contribution in [0.15, 0.2) is 24.3 Å². The quantitative estimate of drug-likeness (QED) is 0.892. The largest absolute Gasteiger partial charge is 0.444 e. The van der Waals surface area contributed by atoms with Crippen LogP contribution >= 0.6 is 11.6 Å². The second-order valence-corrected chi connectivity index (χ2v) is 7.59. The van der Waals surface area contributed by atoms with Crippen molar-refractivity contribution in [2.75, 3.05) is 31.1 Å². The van der Waals surface area contributed by atoms with E-state index in [9.17, 15) is 9.59 Å². The van der Waals surface area contributed by atoms with Gasteiger partial charge in [-0.2, -0.15) is 0 Å².